The van der Waals surface area contributed by atoms with Gasteiger partial charge in [0.1, 0.15) is 5.60 Å². The van der Waals surface area contributed by atoms with Gasteiger partial charge in [-0.25, -0.2) is 4.79 Å². The first-order valence-electron chi connectivity index (χ1n) is 8.75. The molecule has 0 saturated heterocycles. The van der Waals surface area contributed by atoms with Gasteiger partial charge in [-0.05, 0) is 37.5 Å². The van der Waals surface area contributed by atoms with E-state index in [0.717, 1.165) is 16.7 Å². The number of amides is 1. The minimum atomic E-state index is -0.600. The number of carbonyl (C=O) groups is 1. The summed E-state index contributed by atoms with van der Waals surface area (Å²) in [6.45, 7) is 5.44. The molecular weight excluding hydrogens is 344 g/mol. The van der Waals surface area contributed by atoms with Gasteiger partial charge in [0.15, 0.2) is 0 Å². The van der Waals surface area contributed by atoms with Gasteiger partial charge in [-0.15, -0.1) is 0 Å². The van der Waals surface area contributed by atoms with Crippen molar-refractivity contribution in [3.8, 4) is 0 Å². The Labute approximate surface area is 158 Å². The van der Waals surface area contributed by atoms with Crippen LogP contribution in [0.25, 0.3) is 6.08 Å². The first kappa shape index (κ1) is 18.6. The van der Waals surface area contributed by atoms with Crippen LogP contribution in [0.3, 0.4) is 0 Å². The van der Waals surface area contributed by atoms with Crippen molar-refractivity contribution in [2.24, 2.45) is 0 Å². The summed E-state index contributed by atoms with van der Waals surface area (Å²) in [7, 11) is 0. The molecule has 0 bridgehead atoms. The molecule has 0 radical (unpaired) electrons. The van der Waals surface area contributed by atoms with Gasteiger partial charge in [0.2, 0.25) is 0 Å². The Balaban J connectivity index is 1.94. The number of nitro groups is 1. The van der Waals surface area contributed by atoms with Crippen LogP contribution in [-0.4, -0.2) is 16.6 Å². The van der Waals surface area contributed by atoms with E-state index in [2.05, 4.69) is 5.32 Å². The van der Waals surface area contributed by atoms with Gasteiger partial charge in [0, 0.05) is 18.1 Å². The van der Waals surface area contributed by atoms with Crippen LogP contribution >= 0.6 is 0 Å². The van der Waals surface area contributed by atoms with Crippen LogP contribution < -0.4 is 5.32 Å². The monoisotopic (exact) mass is 366 g/mol. The molecule has 6 heteroatoms. The number of fused-ring (bicyclic) bond motifs is 1. The third-order valence-corrected chi connectivity index (χ3v) is 4.33. The summed E-state index contributed by atoms with van der Waals surface area (Å²) < 4.78 is 5.43. The lowest BCUT2D eigenvalue weighted by atomic mass is 9.81. The first-order chi connectivity index (χ1) is 12.7. The number of alkyl carbamates (subject to hydrolysis) is 1. The summed E-state index contributed by atoms with van der Waals surface area (Å²) in [5, 5.41) is 13.9. The van der Waals surface area contributed by atoms with E-state index in [-0.39, 0.29) is 17.6 Å². The quantitative estimate of drug-likeness (QED) is 0.614. The van der Waals surface area contributed by atoms with Crippen LogP contribution in [0.1, 0.15) is 49.4 Å². The Morgan fingerprint density at radius 2 is 1.78 bits per heavy atom. The van der Waals surface area contributed by atoms with Crippen molar-refractivity contribution in [3.05, 3.63) is 81.4 Å². The van der Waals surface area contributed by atoms with E-state index in [4.69, 9.17) is 4.74 Å². The summed E-state index contributed by atoms with van der Waals surface area (Å²) >= 11 is 0. The zero-order chi connectivity index (χ0) is 19.6. The zero-order valence-corrected chi connectivity index (χ0v) is 15.5. The van der Waals surface area contributed by atoms with E-state index in [1.807, 2.05) is 57.2 Å². The van der Waals surface area contributed by atoms with Crippen LogP contribution in [0.15, 0.2) is 54.6 Å². The van der Waals surface area contributed by atoms with Gasteiger partial charge in [-0.3, -0.25) is 10.1 Å². The van der Waals surface area contributed by atoms with Crippen LogP contribution in [0.5, 0.6) is 0 Å². The van der Waals surface area contributed by atoms with E-state index in [9.17, 15) is 14.9 Å². The molecule has 140 valence electrons. The highest BCUT2D eigenvalue weighted by molar-refractivity contribution is 5.71. The number of carbonyl (C=O) groups excluding carboxylic acids is 1. The van der Waals surface area contributed by atoms with Crippen LogP contribution in [-0.2, 0) is 4.74 Å². The average molecular weight is 366 g/mol. The number of hydrogen-bond acceptors (Lipinski definition) is 4. The highest BCUT2D eigenvalue weighted by Crippen LogP contribution is 2.39. The van der Waals surface area contributed by atoms with Crippen molar-refractivity contribution >= 4 is 17.9 Å². The van der Waals surface area contributed by atoms with Crippen LogP contribution in [0.4, 0.5) is 10.5 Å². The standard InChI is InChI=1S/C21H22N2O4/c1-21(2,3)27-20(24)22-19-17-7-5-4-6-14(17)10-13-18(19)15-8-11-16(12-9-15)23(25)26/h4-13,18-19H,1-3H3,(H,22,24)/t18-,19-/m0/s1. The molecule has 2 aromatic rings. The van der Waals surface area contributed by atoms with Crippen molar-refractivity contribution in [3.63, 3.8) is 0 Å². The van der Waals surface area contributed by atoms with E-state index >= 15 is 0 Å². The summed E-state index contributed by atoms with van der Waals surface area (Å²) in [5.41, 5.74) is 2.32. The lowest BCUT2D eigenvalue weighted by molar-refractivity contribution is -0.384. The molecule has 0 aromatic heterocycles. The van der Waals surface area contributed by atoms with E-state index < -0.39 is 16.6 Å². The van der Waals surface area contributed by atoms with Gasteiger partial charge >= 0.3 is 6.09 Å². The van der Waals surface area contributed by atoms with Crippen LogP contribution in [0.2, 0.25) is 0 Å². The third-order valence-electron chi connectivity index (χ3n) is 4.33. The third kappa shape index (κ3) is 4.34. The Morgan fingerprint density at radius 3 is 2.41 bits per heavy atom. The molecule has 1 N–H and O–H groups in total. The van der Waals surface area contributed by atoms with Gasteiger partial charge in [0.25, 0.3) is 5.69 Å². The molecule has 2 atom stereocenters. The highest BCUT2D eigenvalue weighted by atomic mass is 16.6. The Hall–Kier alpha value is -3.15. The van der Waals surface area contributed by atoms with Gasteiger partial charge in [-0.2, -0.15) is 0 Å². The zero-order valence-electron chi connectivity index (χ0n) is 15.5. The number of nitrogens with one attached hydrogen (secondary N) is 1. The average Bonchev–Trinajstić information content (AvgIpc) is 2.60. The maximum Gasteiger partial charge on any atom is 0.408 e. The summed E-state index contributed by atoms with van der Waals surface area (Å²) in [5.74, 6) is -0.159. The Bertz CT molecular complexity index is 882. The second kappa shape index (κ2) is 7.23. The van der Waals surface area contributed by atoms with Crippen molar-refractivity contribution in [1.29, 1.82) is 0 Å². The molecule has 1 amide bonds. The SMILES string of the molecule is CC(C)(C)OC(=O)N[C@H]1c2ccccc2C=C[C@H]1c1ccc([N+](=O)[O-])cc1. The number of rotatable bonds is 3. The molecule has 0 unspecified atom stereocenters. The van der Waals surface area contributed by atoms with Crippen molar-refractivity contribution < 1.29 is 14.5 Å². The largest absolute Gasteiger partial charge is 0.444 e. The second-order valence-corrected chi connectivity index (χ2v) is 7.49. The molecule has 1 aliphatic carbocycles. The molecule has 1 aliphatic rings. The molecule has 0 fully saturated rings. The number of ether oxygens (including phenoxy) is 1. The number of nitro benzene ring substituents is 1. The highest BCUT2D eigenvalue weighted by Gasteiger charge is 2.30. The van der Waals surface area contributed by atoms with E-state index in [0.29, 0.717) is 0 Å². The predicted molar refractivity (Wildman–Crippen MR) is 103 cm³/mol. The fraction of sp³-hybridized carbons (Fsp3) is 0.286. The fourth-order valence-corrected chi connectivity index (χ4v) is 3.18. The number of benzene rings is 2. The topological polar surface area (TPSA) is 81.5 Å². The van der Waals surface area contributed by atoms with Gasteiger partial charge < -0.3 is 10.1 Å². The Morgan fingerprint density at radius 1 is 1.11 bits per heavy atom. The predicted octanol–water partition coefficient (Wildman–Crippen LogP) is 4.97. The number of hydrogen-bond donors (Lipinski definition) is 1. The molecule has 2 aromatic carbocycles. The summed E-state index contributed by atoms with van der Waals surface area (Å²) in [6.07, 6.45) is 3.52. The van der Waals surface area contributed by atoms with E-state index in [1.165, 1.54) is 12.1 Å². The summed E-state index contributed by atoms with van der Waals surface area (Å²) in [4.78, 5) is 22.9. The second-order valence-electron chi connectivity index (χ2n) is 7.49. The molecule has 0 spiro atoms. The normalized spacial score (nSPS) is 18.5. The van der Waals surface area contributed by atoms with Gasteiger partial charge in [0.05, 0.1) is 11.0 Å². The minimum Gasteiger partial charge on any atom is -0.444 e. The molecule has 0 aliphatic heterocycles. The molecule has 3 rings (SSSR count). The van der Waals surface area contributed by atoms with Crippen molar-refractivity contribution in [1.82, 2.24) is 5.32 Å². The van der Waals surface area contributed by atoms with Gasteiger partial charge in [-0.1, -0.05) is 48.6 Å². The maximum absolute atomic E-state index is 12.4. The summed E-state index contributed by atoms with van der Waals surface area (Å²) in [6, 6.07) is 13.9. The first-order valence-corrected chi connectivity index (χ1v) is 8.75. The van der Waals surface area contributed by atoms with Crippen molar-refractivity contribution in [2.75, 3.05) is 0 Å². The number of non-ortho nitro benzene ring substituents is 1. The molecule has 0 saturated carbocycles. The number of nitrogens with zero attached hydrogens (tertiary/aromatic N) is 1. The van der Waals surface area contributed by atoms with Crippen LogP contribution in [0, 0.1) is 10.1 Å². The minimum absolute atomic E-state index is 0.0376. The molecule has 27 heavy (non-hydrogen) atoms. The maximum atomic E-state index is 12.4. The molecular formula is C21H22N2O4. The molecule has 6 nitrogen and oxygen atoms in total. The molecule has 0 heterocycles. The lowest BCUT2D eigenvalue weighted by Crippen LogP contribution is -2.37. The smallest absolute Gasteiger partial charge is 0.408 e. The lowest BCUT2D eigenvalue weighted by Gasteiger charge is -2.32. The van der Waals surface area contributed by atoms with E-state index in [1.54, 1.807) is 12.1 Å². The Kier molecular flexibility index (Phi) is 4.99. The fourth-order valence-electron chi connectivity index (χ4n) is 3.18. The van der Waals surface area contributed by atoms with Crippen molar-refractivity contribution in [2.45, 2.75) is 38.3 Å².